The van der Waals surface area contributed by atoms with Gasteiger partial charge in [-0.25, -0.2) is 0 Å². The van der Waals surface area contributed by atoms with Crippen LogP contribution in [0.3, 0.4) is 0 Å². The van der Waals surface area contributed by atoms with Crippen LogP contribution in [0.15, 0.2) is 11.1 Å². The molecule has 0 saturated carbocycles. The molecule has 0 unspecified atom stereocenters. The third kappa shape index (κ3) is 2.19. The van der Waals surface area contributed by atoms with Crippen LogP contribution in [0.1, 0.15) is 32.6 Å². The lowest BCUT2D eigenvalue weighted by Gasteiger charge is -2.27. The molecule has 2 rings (SSSR count). The van der Waals surface area contributed by atoms with Crippen molar-refractivity contribution in [2.75, 3.05) is 11.5 Å². The number of Topliss-reactive ketones (excluding diaryl/α,β-unsaturated/α-hetero) is 1. The van der Waals surface area contributed by atoms with Gasteiger partial charge < -0.3 is 0 Å². The van der Waals surface area contributed by atoms with E-state index in [4.69, 9.17) is 0 Å². The Balaban J connectivity index is 2.14. The van der Waals surface area contributed by atoms with Gasteiger partial charge in [0.15, 0.2) is 5.78 Å². The monoisotopic (exact) mass is 228 g/mol. The zero-order valence-electron chi connectivity index (χ0n) is 8.54. The molecule has 0 amide bonds. The molecule has 1 fully saturated rings. The highest BCUT2D eigenvalue weighted by molar-refractivity contribution is 8.17. The van der Waals surface area contributed by atoms with Gasteiger partial charge in [-0.05, 0) is 48.8 Å². The first-order valence-electron chi connectivity index (χ1n) is 5.25. The number of hydrogen-bond donors (Lipinski definition) is 0. The number of carbonyl (C=O) groups excluding carboxylic acids is 1. The van der Waals surface area contributed by atoms with Crippen molar-refractivity contribution in [3.63, 3.8) is 0 Å². The molecular formula is C11H16OS2. The first-order chi connectivity index (χ1) is 6.79. The first-order valence-corrected chi connectivity index (χ1v) is 7.35. The zero-order chi connectivity index (χ0) is 9.97. The largest absolute Gasteiger partial charge is 0.295 e. The van der Waals surface area contributed by atoms with Crippen LogP contribution in [0.5, 0.6) is 0 Å². The minimum absolute atomic E-state index is 0.387. The van der Waals surface area contributed by atoms with Crippen molar-refractivity contribution in [2.24, 2.45) is 0 Å². The summed E-state index contributed by atoms with van der Waals surface area (Å²) in [6.45, 7) is 2.02. The second-order valence-electron chi connectivity index (χ2n) is 3.85. The van der Waals surface area contributed by atoms with E-state index in [1.807, 2.05) is 30.4 Å². The fourth-order valence-electron chi connectivity index (χ4n) is 1.98. The summed E-state index contributed by atoms with van der Waals surface area (Å²) >= 11 is 4.06. The van der Waals surface area contributed by atoms with Crippen molar-refractivity contribution in [3.05, 3.63) is 11.1 Å². The predicted octanol–water partition coefficient (Wildman–Crippen LogP) is 3.25. The minimum Gasteiger partial charge on any atom is -0.295 e. The summed E-state index contributed by atoms with van der Waals surface area (Å²) < 4.78 is 0.591. The zero-order valence-corrected chi connectivity index (χ0v) is 10.2. The lowest BCUT2D eigenvalue weighted by atomic mass is 9.93. The van der Waals surface area contributed by atoms with Gasteiger partial charge in [-0.1, -0.05) is 0 Å². The molecule has 2 aliphatic rings. The average molecular weight is 228 g/mol. The van der Waals surface area contributed by atoms with Crippen LogP contribution < -0.4 is 0 Å². The average Bonchev–Trinajstić information content (AvgIpc) is 2.23. The van der Waals surface area contributed by atoms with Gasteiger partial charge in [0.25, 0.3) is 0 Å². The lowest BCUT2D eigenvalue weighted by molar-refractivity contribution is -0.116. The maximum Gasteiger partial charge on any atom is 0.158 e. The van der Waals surface area contributed by atoms with Crippen LogP contribution in [-0.2, 0) is 4.79 Å². The maximum atomic E-state index is 11.6. The van der Waals surface area contributed by atoms with Crippen molar-refractivity contribution < 1.29 is 4.79 Å². The summed E-state index contributed by atoms with van der Waals surface area (Å²) in [6.07, 6.45) is 4.33. The highest BCUT2D eigenvalue weighted by Gasteiger charge is 2.25. The Morgan fingerprint density at radius 3 is 2.57 bits per heavy atom. The highest BCUT2D eigenvalue weighted by Crippen LogP contribution is 2.40. The number of hydrogen-bond acceptors (Lipinski definition) is 3. The highest BCUT2D eigenvalue weighted by atomic mass is 32.2. The standard InChI is InChI=1S/C11H16OS2/c1-8-9(4-2-5-10(8)12)11-13-6-3-7-14-11/h11H,2-7H2,1H3. The Bertz CT molecular complexity index is 264. The molecule has 1 aliphatic heterocycles. The van der Waals surface area contributed by atoms with Gasteiger partial charge >= 0.3 is 0 Å². The molecule has 0 atom stereocenters. The molecule has 0 spiro atoms. The van der Waals surface area contributed by atoms with Gasteiger partial charge in [0, 0.05) is 6.42 Å². The number of rotatable bonds is 1. The van der Waals surface area contributed by atoms with E-state index >= 15 is 0 Å². The van der Waals surface area contributed by atoms with E-state index in [1.54, 1.807) is 0 Å². The van der Waals surface area contributed by atoms with Gasteiger partial charge in [0.2, 0.25) is 0 Å². The molecule has 1 heterocycles. The summed E-state index contributed by atoms with van der Waals surface area (Å²) in [4.78, 5) is 11.6. The Labute approximate surface area is 94.1 Å². The third-order valence-corrected chi connectivity index (χ3v) is 5.90. The smallest absolute Gasteiger partial charge is 0.158 e. The van der Waals surface area contributed by atoms with Gasteiger partial charge in [0.1, 0.15) is 0 Å². The van der Waals surface area contributed by atoms with Crippen LogP contribution in [0.25, 0.3) is 0 Å². The summed E-state index contributed by atoms with van der Waals surface area (Å²) in [5, 5.41) is 0. The molecule has 0 aromatic heterocycles. The summed E-state index contributed by atoms with van der Waals surface area (Å²) in [5.74, 6) is 2.92. The topological polar surface area (TPSA) is 17.1 Å². The Morgan fingerprint density at radius 2 is 1.86 bits per heavy atom. The number of carbonyl (C=O) groups is 1. The molecule has 1 saturated heterocycles. The predicted molar refractivity (Wildman–Crippen MR) is 64.9 cm³/mol. The molecule has 14 heavy (non-hydrogen) atoms. The number of allylic oxidation sites excluding steroid dienone is 1. The summed E-state index contributed by atoms with van der Waals surface area (Å²) in [6, 6.07) is 0. The minimum atomic E-state index is 0.387. The normalized spacial score (nSPS) is 25.6. The Hall–Kier alpha value is 0.110. The first kappa shape index (κ1) is 10.6. The second kappa shape index (κ2) is 4.75. The number of thioether (sulfide) groups is 2. The molecule has 0 radical (unpaired) electrons. The van der Waals surface area contributed by atoms with E-state index in [9.17, 15) is 4.79 Å². The number of ketones is 1. The third-order valence-electron chi connectivity index (χ3n) is 2.86. The fraction of sp³-hybridized carbons (Fsp3) is 0.727. The van der Waals surface area contributed by atoms with Gasteiger partial charge in [-0.2, -0.15) is 0 Å². The van der Waals surface area contributed by atoms with E-state index < -0.39 is 0 Å². The van der Waals surface area contributed by atoms with Crippen LogP contribution >= 0.6 is 23.5 Å². The van der Waals surface area contributed by atoms with Crippen molar-refractivity contribution in [1.29, 1.82) is 0 Å². The second-order valence-corrected chi connectivity index (χ2v) is 6.58. The maximum absolute atomic E-state index is 11.6. The van der Waals surface area contributed by atoms with E-state index in [1.165, 1.54) is 23.5 Å². The van der Waals surface area contributed by atoms with Crippen molar-refractivity contribution in [3.8, 4) is 0 Å². The van der Waals surface area contributed by atoms with Crippen LogP contribution in [0.2, 0.25) is 0 Å². The van der Waals surface area contributed by atoms with E-state index in [-0.39, 0.29) is 0 Å². The lowest BCUT2D eigenvalue weighted by Crippen LogP contribution is -2.18. The van der Waals surface area contributed by atoms with Crippen LogP contribution in [0.4, 0.5) is 0 Å². The SMILES string of the molecule is CC1=C(C2SCCCS2)CCCC1=O. The fourth-order valence-corrected chi connectivity index (χ4v) is 5.16. The van der Waals surface area contributed by atoms with Crippen molar-refractivity contribution in [1.82, 2.24) is 0 Å². The molecule has 3 heteroatoms. The van der Waals surface area contributed by atoms with Crippen LogP contribution in [0, 0.1) is 0 Å². The Morgan fingerprint density at radius 1 is 1.14 bits per heavy atom. The van der Waals surface area contributed by atoms with Crippen molar-refractivity contribution in [2.45, 2.75) is 37.2 Å². The summed E-state index contributed by atoms with van der Waals surface area (Å²) in [7, 11) is 0. The van der Waals surface area contributed by atoms with Crippen molar-refractivity contribution >= 4 is 29.3 Å². The molecule has 0 aromatic carbocycles. The quantitative estimate of drug-likeness (QED) is 0.686. The van der Waals surface area contributed by atoms with E-state index in [0.29, 0.717) is 10.4 Å². The molecule has 1 aliphatic carbocycles. The molecule has 0 aromatic rings. The Kier molecular flexibility index (Phi) is 3.61. The molecule has 1 nitrogen and oxygen atoms in total. The molecule has 0 N–H and O–H groups in total. The van der Waals surface area contributed by atoms with Gasteiger partial charge in [-0.3, -0.25) is 4.79 Å². The molecular weight excluding hydrogens is 212 g/mol. The summed E-state index contributed by atoms with van der Waals surface area (Å²) in [5.41, 5.74) is 2.51. The van der Waals surface area contributed by atoms with Gasteiger partial charge in [-0.15, -0.1) is 23.5 Å². The van der Waals surface area contributed by atoms with Gasteiger partial charge in [0.05, 0.1) is 4.58 Å². The van der Waals surface area contributed by atoms with Crippen LogP contribution in [-0.4, -0.2) is 21.9 Å². The molecule has 78 valence electrons. The van der Waals surface area contributed by atoms with E-state index in [0.717, 1.165) is 24.8 Å². The van der Waals surface area contributed by atoms with E-state index in [2.05, 4.69) is 0 Å². The molecule has 0 bridgehead atoms.